The Balaban J connectivity index is 2.82. The molecule has 0 aromatic heterocycles. The van der Waals surface area contributed by atoms with Crippen LogP contribution in [0.2, 0.25) is 0 Å². The minimum absolute atomic E-state index is 0.172. The highest BCUT2D eigenvalue weighted by Gasteiger charge is 2.30. The summed E-state index contributed by atoms with van der Waals surface area (Å²) in [5, 5.41) is 0. The molecule has 1 aromatic rings. The number of carbonyl (C=O) groups is 2. The zero-order valence-electron chi connectivity index (χ0n) is 9.01. The summed E-state index contributed by atoms with van der Waals surface area (Å²) in [5.74, 6) is -2.14. The van der Waals surface area contributed by atoms with Gasteiger partial charge in [-0.05, 0) is 17.7 Å². The predicted octanol–water partition coefficient (Wildman–Crippen LogP) is 0.781. The van der Waals surface area contributed by atoms with Gasteiger partial charge in [0.1, 0.15) is 5.82 Å². The second-order valence-electron chi connectivity index (χ2n) is 3.17. The minimum Gasteiger partial charge on any atom is -0.460 e. The van der Waals surface area contributed by atoms with Crippen LogP contribution in [0.5, 0.6) is 0 Å². The molecule has 17 heavy (non-hydrogen) atoms. The summed E-state index contributed by atoms with van der Waals surface area (Å²) in [7, 11) is 1.07. The Bertz CT molecular complexity index is 490. The Morgan fingerprint density at radius 3 is 2.41 bits per heavy atom. The molecule has 0 unspecified atom stereocenters. The molecule has 0 amide bonds. The van der Waals surface area contributed by atoms with E-state index in [9.17, 15) is 14.0 Å². The van der Waals surface area contributed by atoms with Crippen LogP contribution in [0.1, 0.15) is 5.56 Å². The summed E-state index contributed by atoms with van der Waals surface area (Å²) in [6.07, 6.45) is -0.172. The topological polar surface area (TPSA) is 79.8 Å². The third-order valence-electron chi connectivity index (χ3n) is 2.02. The van der Waals surface area contributed by atoms with Crippen molar-refractivity contribution in [3.05, 3.63) is 41.2 Å². The molecule has 88 valence electrons. The molecule has 0 saturated heterocycles. The van der Waals surface area contributed by atoms with Crippen LogP contribution in [0.25, 0.3) is 5.53 Å². The second-order valence-corrected chi connectivity index (χ2v) is 3.17. The third-order valence-corrected chi connectivity index (χ3v) is 2.02. The second kappa shape index (κ2) is 5.67. The number of ketones is 1. The van der Waals surface area contributed by atoms with E-state index in [1.807, 2.05) is 0 Å². The van der Waals surface area contributed by atoms with Gasteiger partial charge < -0.3 is 10.3 Å². The van der Waals surface area contributed by atoms with E-state index in [4.69, 9.17) is 5.53 Å². The SMILES string of the molecule is COC(=O)C(=[N+]=[N-])C(=O)Cc1ccc(F)cc1. The summed E-state index contributed by atoms with van der Waals surface area (Å²) >= 11 is 0. The maximum absolute atomic E-state index is 12.6. The lowest BCUT2D eigenvalue weighted by atomic mass is 10.1. The first-order valence-corrected chi connectivity index (χ1v) is 4.66. The third kappa shape index (κ3) is 3.32. The summed E-state index contributed by atoms with van der Waals surface area (Å²) < 4.78 is 16.9. The molecule has 0 spiro atoms. The molecule has 1 aromatic carbocycles. The first-order valence-electron chi connectivity index (χ1n) is 4.66. The number of methoxy groups -OCH3 is 1. The molecule has 0 saturated carbocycles. The summed E-state index contributed by atoms with van der Waals surface area (Å²) in [4.78, 5) is 25.2. The summed E-state index contributed by atoms with van der Waals surface area (Å²) in [6.45, 7) is 0. The molecule has 1 rings (SSSR count). The number of carbonyl (C=O) groups excluding carboxylic acids is 2. The van der Waals surface area contributed by atoms with Crippen molar-refractivity contribution in [3.63, 3.8) is 0 Å². The van der Waals surface area contributed by atoms with Gasteiger partial charge in [0.2, 0.25) is 0 Å². The molecule has 0 aliphatic heterocycles. The molecule has 0 N–H and O–H groups in total. The first kappa shape index (κ1) is 12.7. The first-order chi connectivity index (χ1) is 8.08. The molecular weight excluding hydrogens is 227 g/mol. The van der Waals surface area contributed by atoms with E-state index in [1.165, 1.54) is 24.3 Å². The van der Waals surface area contributed by atoms with E-state index in [2.05, 4.69) is 9.53 Å². The normalized spacial score (nSPS) is 9.29. The van der Waals surface area contributed by atoms with E-state index in [-0.39, 0.29) is 6.42 Å². The fraction of sp³-hybridized carbons (Fsp3) is 0.182. The van der Waals surface area contributed by atoms with Crippen LogP contribution in [-0.4, -0.2) is 29.4 Å². The largest absolute Gasteiger partial charge is 0.460 e. The predicted molar refractivity (Wildman–Crippen MR) is 55.8 cm³/mol. The smallest absolute Gasteiger partial charge is 0.441 e. The van der Waals surface area contributed by atoms with Crippen molar-refractivity contribution in [1.29, 1.82) is 0 Å². The molecule has 5 nitrogen and oxygen atoms in total. The van der Waals surface area contributed by atoms with Crippen LogP contribution in [0, 0.1) is 5.82 Å². The van der Waals surface area contributed by atoms with Crippen molar-refractivity contribution >= 4 is 17.5 Å². The van der Waals surface area contributed by atoms with Crippen molar-refractivity contribution in [2.75, 3.05) is 7.11 Å². The van der Waals surface area contributed by atoms with Crippen LogP contribution >= 0.6 is 0 Å². The van der Waals surface area contributed by atoms with Crippen LogP contribution in [0.3, 0.4) is 0 Å². The van der Waals surface area contributed by atoms with Gasteiger partial charge in [0.25, 0.3) is 5.78 Å². The Kier molecular flexibility index (Phi) is 4.25. The summed E-state index contributed by atoms with van der Waals surface area (Å²) in [5.41, 5.74) is 8.34. The van der Waals surface area contributed by atoms with Crippen LogP contribution < -0.4 is 0 Å². The monoisotopic (exact) mass is 236 g/mol. The number of hydrogen-bond acceptors (Lipinski definition) is 3. The van der Waals surface area contributed by atoms with Gasteiger partial charge in [-0.25, -0.2) is 9.18 Å². The van der Waals surface area contributed by atoms with Crippen molar-refractivity contribution in [2.24, 2.45) is 0 Å². The number of Topliss-reactive ketones (excluding diaryl/α,β-unsaturated/α-hetero) is 1. The zero-order chi connectivity index (χ0) is 12.8. The number of esters is 1. The Hall–Kier alpha value is -2.33. The number of ether oxygens (including phenoxy) is 1. The van der Waals surface area contributed by atoms with Gasteiger partial charge in [-0.15, -0.1) is 0 Å². The molecule has 0 bridgehead atoms. The van der Waals surface area contributed by atoms with Gasteiger partial charge in [-0.3, -0.25) is 4.79 Å². The average molecular weight is 236 g/mol. The average Bonchev–Trinajstić information content (AvgIpc) is 2.32. The molecule has 0 atom stereocenters. The fourth-order valence-electron chi connectivity index (χ4n) is 1.18. The quantitative estimate of drug-likeness (QED) is 0.255. The van der Waals surface area contributed by atoms with Crippen LogP contribution in [-0.2, 0) is 20.7 Å². The van der Waals surface area contributed by atoms with E-state index >= 15 is 0 Å². The fourth-order valence-corrected chi connectivity index (χ4v) is 1.18. The molecular formula is C11H9FN2O3. The number of hydrogen-bond donors (Lipinski definition) is 0. The lowest BCUT2D eigenvalue weighted by Gasteiger charge is -1.97. The van der Waals surface area contributed by atoms with Crippen molar-refractivity contribution < 1.29 is 23.5 Å². The zero-order valence-corrected chi connectivity index (χ0v) is 9.01. The van der Waals surface area contributed by atoms with Gasteiger partial charge in [0.15, 0.2) is 0 Å². The number of rotatable bonds is 4. The number of nitrogens with zero attached hydrogens (tertiary/aromatic N) is 2. The molecule has 0 radical (unpaired) electrons. The van der Waals surface area contributed by atoms with E-state index < -0.39 is 23.3 Å². The molecule has 0 aliphatic rings. The molecule has 0 heterocycles. The lowest BCUT2D eigenvalue weighted by molar-refractivity contribution is -0.139. The standard InChI is InChI=1S/C11H9FN2O3/c1-17-11(16)10(14-13)9(15)6-7-2-4-8(12)5-3-7/h2-5H,6H2,1H3. The van der Waals surface area contributed by atoms with Gasteiger partial charge in [0, 0.05) is 6.42 Å². The van der Waals surface area contributed by atoms with E-state index in [0.717, 1.165) is 7.11 Å². The lowest BCUT2D eigenvalue weighted by Crippen LogP contribution is -2.27. The molecule has 6 heteroatoms. The highest BCUT2D eigenvalue weighted by Crippen LogP contribution is 2.04. The highest BCUT2D eigenvalue weighted by atomic mass is 19.1. The van der Waals surface area contributed by atoms with Gasteiger partial charge >= 0.3 is 11.7 Å². The molecule has 0 aliphatic carbocycles. The highest BCUT2D eigenvalue weighted by molar-refractivity contribution is 6.62. The van der Waals surface area contributed by atoms with Crippen LogP contribution in [0.4, 0.5) is 4.39 Å². The molecule has 0 fully saturated rings. The van der Waals surface area contributed by atoms with Gasteiger partial charge in [-0.1, -0.05) is 12.1 Å². The Morgan fingerprint density at radius 1 is 1.35 bits per heavy atom. The Morgan fingerprint density at radius 2 is 1.94 bits per heavy atom. The van der Waals surface area contributed by atoms with Gasteiger partial charge in [-0.2, -0.15) is 4.79 Å². The number of benzene rings is 1. The van der Waals surface area contributed by atoms with E-state index in [0.29, 0.717) is 5.56 Å². The number of halogens is 1. The van der Waals surface area contributed by atoms with Gasteiger partial charge in [0.05, 0.1) is 7.11 Å². The Labute approximate surface area is 96.4 Å². The van der Waals surface area contributed by atoms with Crippen molar-refractivity contribution in [2.45, 2.75) is 6.42 Å². The maximum Gasteiger partial charge on any atom is 0.441 e. The van der Waals surface area contributed by atoms with Crippen molar-refractivity contribution in [1.82, 2.24) is 0 Å². The van der Waals surface area contributed by atoms with E-state index in [1.54, 1.807) is 0 Å². The maximum atomic E-state index is 12.6. The van der Waals surface area contributed by atoms with Crippen LogP contribution in [0.15, 0.2) is 24.3 Å². The summed E-state index contributed by atoms with van der Waals surface area (Å²) in [6, 6.07) is 5.19. The minimum atomic E-state index is -1.01. The van der Waals surface area contributed by atoms with Crippen molar-refractivity contribution in [3.8, 4) is 0 Å².